The second-order valence-electron chi connectivity index (χ2n) is 5.95. The monoisotopic (exact) mass is 267 g/mol. The molecule has 1 aliphatic heterocycles. The van der Waals surface area contributed by atoms with E-state index in [1.165, 1.54) is 0 Å². The molecule has 1 N–H and O–H groups in total. The molecular weight excluding hydrogens is 242 g/mol. The molecule has 2 atom stereocenters. The van der Waals surface area contributed by atoms with Gasteiger partial charge in [-0.1, -0.05) is 0 Å². The summed E-state index contributed by atoms with van der Waals surface area (Å²) in [6.45, 7) is 6.66. The summed E-state index contributed by atoms with van der Waals surface area (Å²) in [6, 6.07) is 0.708. The highest BCUT2D eigenvalue weighted by Gasteiger charge is 2.32. The Hall–Kier alpha value is -0.980. The average molecular weight is 267 g/mol. The van der Waals surface area contributed by atoms with Crippen LogP contribution in [0.1, 0.15) is 32.1 Å². The van der Waals surface area contributed by atoms with Gasteiger partial charge in [0.2, 0.25) is 0 Å². The Morgan fingerprint density at radius 1 is 1.47 bits per heavy atom. The van der Waals surface area contributed by atoms with Crippen molar-refractivity contribution in [2.45, 2.75) is 45.0 Å². The molecule has 1 fully saturated rings. The van der Waals surface area contributed by atoms with Crippen LogP contribution in [0, 0.1) is 0 Å². The first-order valence-electron chi connectivity index (χ1n) is 6.92. The Morgan fingerprint density at radius 3 is 2.84 bits per heavy atom. The highest BCUT2D eigenvalue weighted by atomic mass is 16.3. The van der Waals surface area contributed by atoms with Gasteiger partial charge in [-0.05, 0) is 34.4 Å². The average Bonchev–Trinajstić information content (AvgIpc) is 2.86. The van der Waals surface area contributed by atoms with E-state index in [1.54, 1.807) is 6.33 Å². The summed E-state index contributed by atoms with van der Waals surface area (Å²) >= 11 is 0. The van der Waals surface area contributed by atoms with E-state index >= 15 is 0 Å². The standard InChI is InChI=1S/C13H25N5O/c1-10(2)18-13(14-9-15-18)8-17-7-12(19)5-11(17)6-16(3)4/h9-12,19H,5-8H2,1-4H3. The van der Waals surface area contributed by atoms with Crippen molar-refractivity contribution in [1.82, 2.24) is 24.6 Å². The van der Waals surface area contributed by atoms with Crippen LogP contribution >= 0.6 is 0 Å². The first-order valence-corrected chi connectivity index (χ1v) is 6.92. The van der Waals surface area contributed by atoms with E-state index in [4.69, 9.17) is 0 Å². The van der Waals surface area contributed by atoms with Crippen molar-refractivity contribution < 1.29 is 5.11 Å². The van der Waals surface area contributed by atoms with Crippen LogP contribution in [-0.2, 0) is 6.54 Å². The number of β-amino-alcohol motifs (C(OH)–C–C–N with tert-alkyl or cyclic N) is 1. The van der Waals surface area contributed by atoms with Crippen LogP contribution in [0.5, 0.6) is 0 Å². The van der Waals surface area contributed by atoms with E-state index < -0.39 is 0 Å². The largest absolute Gasteiger partial charge is 0.392 e. The quantitative estimate of drug-likeness (QED) is 0.834. The third kappa shape index (κ3) is 3.52. The van der Waals surface area contributed by atoms with Crippen molar-refractivity contribution in [2.75, 3.05) is 27.2 Å². The lowest BCUT2D eigenvalue weighted by Crippen LogP contribution is -2.37. The van der Waals surface area contributed by atoms with Crippen LogP contribution < -0.4 is 0 Å². The summed E-state index contributed by atoms with van der Waals surface area (Å²) in [4.78, 5) is 8.84. The number of nitrogens with zero attached hydrogens (tertiary/aromatic N) is 5. The lowest BCUT2D eigenvalue weighted by molar-refractivity contribution is 0.165. The van der Waals surface area contributed by atoms with E-state index in [2.05, 4.69) is 47.8 Å². The number of aliphatic hydroxyl groups is 1. The van der Waals surface area contributed by atoms with Gasteiger partial charge in [-0.25, -0.2) is 9.67 Å². The van der Waals surface area contributed by atoms with E-state index in [0.717, 1.165) is 31.9 Å². The predicted octanol–water partition coefficient (Wildman–Crippen LogP) is 0.356. The summed E-state index contributed by atoms with van der Waals surface area (Å²) in [5.41, 5.74) is 0. The molecule has 0 amide bonds. The van der Waals surface area contributed by atoms with Crippen molar-refractivity contribution in [3.8, 4) is 0 Å². The van der Waals surface area contributed by atoms with Crippen molar-refractivity contribution in [2.24, 2.45) is 0 Å². The van der Waals surface area contributed by atoms with Gasteiger partial charge in [0.15, 0.2) is 0 Å². The molecule has 0 saturated carbocycles. The molecule has 1 aliphatic rings. The number of aromatic nitrogens is 3. The van der Waals surface area contributed by atoms with E-state index in [-0.39, 0.29) is 6.10 Å². The van der Waals surface area contributed by atoms with Crippen LogP contribution in [0.15, 0.2) is 6.33 Å². The van der Waals surface area contributed by atoms with Crippen LogP contribution in [0.25, 0.3) is 0 Å². The fourth-order valence-electron chi connectivity index (χ4n) is 2.76. The van der Waals surface area contributed by atoms with Crippen LogP contribution in [0.3, 0.4) is 0 Å². The van der Waals surface area contributed by atoms with E-state index in [9.17, 15) is 5.11 Å². The second kappa shape index (κ2) is 5.98. The highest BCUT2D eigenvalue weighted by Crippen LogP contribution is 2.21. The number of likely N-dealkylation sites (tertiary alicyclic amines) is 1. The molecule has 1 saturated heterocycles. The molecule has 0 bridgehead atoms. The molecule has 6 heteroatoms. The molecular formula is C13H25N5O. The Kier molecular flexibility index (Phi) is 4.54. The minimum absolute atomic E-state index is 0.222. The predicted molar refractivity (Wildman–Crippen MR) is 73.8 cm³/mol. The third-order valence-electron chi connectivity index (χ3n) is 3.56. The molecule has 0 radical (unpaired) electrons. The van der Waals surface area contributed by atoms with Gasteiger partial charge in [0, 0.05) is 25.2 Å². The van der Waals surface area contributed by atoms with Gasteiger partial charge in [-0.3, -0.25) is 4.90 Å². The summed E-state index contributed by atoms with van der Waals surface area (Å²) in [5, 5.41) is 14.2. The van der Waals surface area contributed by atoms with Crippen LogP contribution in [0.4, 0.5) is 0 Å². The van der Waals surface area contributed by atoms with Gasteiger partial charge >= 0.3 is 0 Å². The second-order valence-corrected chi connectivity index (χ2v) is 5.95. The van der Waals surface area contributed by atoms with Crippen LogP contribution in [-0.4, -0.2) is 69.0 Å². The summed E-state index contributed by atoms with van der Waals surface area (Å²) in [7, 11) is 4.14. The first kappa shape index (κ1) is 14.4. The molecule has 0 spiro atoms. The fraction of sp³-hybridized carbons (Fsp3) is 0.846. The lowest BCUT2D eigenvalue weighted by Gasteiger charge is -2.26. The lowest BCUT2D eigenvalue weighted by atomic mass is 10.2. The molecule has 19 heavy (non-hydrogen) atoms. The smallest absolute Gasteiger partial charge is 0.141 e. The molecule has 108 valence electrons. The van der Waals surface area contributed by atoms with Gasteiger partial charge in [0.1, 0.15) is 12.2 Å². The molecule has 2 unspecified atom stereocenters. The third-order valence-corrected chi connectivity index (χ3v) is 3.56. The molecule has 2 heterocycles. The molecule has 0 aliphatic carbocycles. The zero-order valence-corrected chi connectivity index (χ0v) is 12.3. The maximum Gasteiger partial charge on any atom is 0.141 e. The molecule has 1 aromatic heterocycles. The maximum absolute atomic E-state index is 9.89. The Labute approximate surface area is 115 Å². The van der Waals surface area contributed by atoms with Gasteiger partial charge in [-0.15, -0.1) is 0 Å². The molecule has 0 aromatic carbocycles. The fourth-order valence-corrected chi connectivity index (χ4v) is 2.76. The molecule has 1 aromatic rings. The Morgan fingerprint density at radius 2 is 2.21 bits per heavy atom. The molecule has 2 rings (SSSR count). The van der Waals surface area contributed by atoms with Crippen molar-refractivity contribution in [1.29, 1.82) is 0 Å². The normalized spacial score (nSPS) is 24.8. The van der Waals surface area contributed by atoms with Crippen molar-refractivity contribution >= 4 is 0 Å². The van der Waals surface area contributed by atoms with Gasteiger partial charge in [0.25, 0.3) is 0 Å². The van der Waals surface area contributed by atoms with Crippen molar-refractivity contribution in [3.05, 3.63) is 12.2 Å². The SMILES string of the molecule is CC(C)n1ncnc1CN1CC(O)CC1CN(C)C. The summed E-state index contributed by atoms with van der Waals surface area (Å²) < 4.78 is 1.96. The number of rotatable bonds is 5. The minimum atomic E-state index is -0.222. The maximum atomic E-state index is 9.89. The van der Waals surface area contributed by atoms with Gasteiger partial charge in [-0.2, -0.15) is 5.10 Å². The highest BCUT2D eigenvalue weighted by molar-refractivity contribution is 4.93. The summed E-state index contributed by atoms with van der Waals surface area (Å²) in [5.74, 6) is 0.979. The number of hydrogen-bond acceptors (Lipinski definition) is 5. The Balaban J connectivity index is 2.06. The zero-order valence-electron chi connectivity index (χ0n) is 12.3. The topological polar surface area (TPSA) is 57.4 Å². The number of hydrogen-bond donors (Lipinski definition) is 1. The zero-order chi connectivity index (χ0) is 14.0. The van der Waals surface area contributed by atoms with Crippen molar-refractivity contribution in [3.63, 3.8) is 0 Å². The Bertz CT molecular complexity index is 403. The summed E-state index contributed by atoms with van der Waals surface area (Å²) in [6.07, 6.45) is 2.23. The van der Waals surface area contributed by atoms with Gasteiger partial charge in [0.05, 0.1) is 12.6 Å². The van der Waals surface area contributed by atoms with Gasteiger partial charge < -0.3 is 10.0 Å². The van der Waals surface area contributed by atoms with E-state index in [0.29, 0.717) is 12.1 Å². The number of aliphatic hydroxyl groups excluding tert-OH is 1. The van der Waals surface area contributed by atoms with Crippen LogP contribution in [0.2, 0.25) is 0 Å². The minimum Gasteiger partial charge on any atom is -0.392 e. The molecule has 6 nitrogen and oxygen atoms in total. The van der Waals surface area contributed by atoms with E-state index in [1.807, 2.05) is 4.68 Å². The number of likely N-dealkylation sites (N-methyl/N-ethyl adjacent to an activating group) is 1. The first-order chi connectivity index (χ1) is 8.97.